The van der Waals surface area contributed by atoms with E-state index in [1.165, 1.54) is 48.5 Å². The van der Waals surface area contributed by atoms with Gasteiger partial charge in [-0.2, -0.15) is 13.4 Å². The van der Waals surface area contributed by atoms with Crippen LogP contribution < -0.4 is 4.18 Å². The molecule has 0 spiro atoms. The van der Waals surface area contributed by atoms with Crippen LogP contribution in [0.3, 0.4) is 0 Å². The Morgan fingerprint density at radius 3 is 1.98 bits per heavy atom. The number of allylic oxidation sites excluding steroid dienone is 2. The molecule has 12 nitrogen and oxygen atoms in total. The van der Waals surface area contributed by atoms with Crippen LogP contribution in [0.25, 0.3) is 0 Å². The average Bonchev–Trinajstić information content (AvgIpc) is 3.69. The van der Waals surface area contributed by atoms with Crippen molar-refractivity contribution < 1.29 is 36.7 Å². The van der Waals surface area contributed by atoms with Crippen LogP contribution in [0.1, 0.15) is 32.7 Å². The summed E-state index contributed by atoms with van der Waals surface area (Å²) >= 11 is 0. The highest BCUT2D eigenvalue weighted by molar-refractivity contribution is 7.87. The van der Waals surface area contributed by atoms with Crippen molar-refractivity contribution in [2.24, 2.45) is 23.7 Å². The van der Waals surface area contributed by atoms with Gasteiger partial charge in [-0.15, -0.1) is 0 Å². The minimum Gasteiger partial charge on any atom is -0.379 e. The molecule has 13 heteroatoms. The number of benzene rings is 3. The van der Waals surface area contributed by atoms with E-state index in [9.17, 15) is 37.7 Å². The molecule has 224 valence electrons. The third kappa shape index (κ3) is 5.04. The van der Waals surface area contributed by atoms with E-state index in [1.807, 2.05) is 19.1 Å². The molecule has 4 atom stereocenters. The Morgan fingerprint density at radius 1 is 0.886 bits per heavy atom. The van der Waals surface area contributed by atoms with Gasteiger partial charge in [-0.1, -0.05) is 29.8 Å². The third-order valence-corrected chi connectivity index (χ3v) is 9.49. The monoisotopic (exact) mass is 615 g/mol. The third-order valence-electron chi connectivity index (χ3n) is 8.23. The zero-order valence-corrected chi connectivity index (χ0v) is 24.0. The lowest BCUT2D eigenvalue weighted by atomic mass is 9.85. The van der Waals surface area contributed by atoms with Gasteiger partial charge in [0.25, 0.3) is 23.4 Å². The van der Waals surface area contributed by atoms with E-state index in [4.69, 9.17) is 4.18 Å². The van der Waals surface area contributed by atoms with Crippen LogP contribution in [0, 0.1) is 40.7 Å². The standard InChI is InChI=1S/C31H25N3O9S/c1-18-2-14-25(15-3-18)44(41,42)43-24-12-8-19(9-13-24)26(35)17-32(29(36)20-6-10-23(11-7-20)34(39)40)33-30(37)27-21-4-5-22(16-21)28(27)31(33)38/h2-15,21-22,27-28H,16-17H2,1H3/t21-,22-,27+,28+/m0/s1. The fourth-order valence-corrected chi connectivity index (χ4v) is 6.97. The van der Waals surface area contributed by atoms with Crippen LogP contribution in [0.15, 0.2) is 89.8 Å². The second-order valence-electron chi connectivity index (χ2n) is 11.0. The highest BCUT2D eigenvalue weighted by Gasteiger charge is 2.61. The number of nitrogens with zero attached hydrogens (tertiary/aromatic N) is 3. The molecule has 2 bridgehead atoms. The summed E-state index contributed by atoms with van der Waals surface area (Å²) in [5, 5.41) is 12.6. The highest BCUT2D eigenvalue weighted by Crippen LogP contribution is 2.52. The molecule has 1 saturated carbocycles. The molecule has 3 aromatic rings. The van der Waals surface area contributed by atoms with Crippen molar-refractivity contribution in [3.63, 3.8) is 0 Å². The number of hydrogen-bond acceptors (Lipinski definition) is 9. The minimum atomic E-state index is -4.13. The predicted molar refractivity (Wildman–Crippen MR) is 153 cm³/mol. The number of fused-ring (bicyclic) bond motifs is 5. The maximum atomic E-state index is 13.7. The molecule has 1 heterocycles. The highest BCUT2D eigenvalue weighted by atomic mass is 32.2. The van der Waals surface area contributed by atoms with E-state index >= 15 is 0 Å². The number of Topliss-reactive ketones (excluding diaryl/α,β-unsaturated/α-hetero) is 1. The van der Waals surface area contributed by atoms with Crippen molar-refractivity contribution in [2.75, 3.05) is 6.54 Å². The van der Waals surface area contributed by atoms with Crippen molar-refractivity contribution in [1.82, 2.24) is 10.0 Å². The number of ketones is 1. The summed E-state index contributed by atoms with van der Waals surface area (Å²) in [7, 11) is -4.13. The second-order valence-corrected chi connectivity index (χ2v) is 12.5. The Kier molecular flexibility index (Phi) is 7.12. The van der Waals surface area contributed by atoms with Gasteiger partial charge >= 0.3 is 10.1 Å². The first-order valence-corrected chi connectivity index (χ1v) is 15.1. The molecule has 2 fully saturated rings. The normalized spacial score (nSPS) is 21.8. The molecule has 0 unspecified atom stereocenters. The van der Waals surface area contributed by atoms with Gasteiger partial charge in [-0.25, -0.2) is 5.01 Å². The van der Waals surface area contributed by atoms with E-state index in [0.29, 0.717) is 6.42 Å². The van der Waals surface area contributed by atoms with Gasteiger partial charge in [0.15, 0.2) is 5.78 Å². The first kappa shape index (κ1) is 28.9. The predicted octanol–water partition coefficient (Wildman–Crippen LogP) is 3.72. The molecule has 1 aliphatic heterocycles. The van der Waals surface area contributed by atoms with Crippen LogP contribution >= 0.6 is 0 Å². The minimum absolute atomic E-state index is 0.0444. The summed E-state index contributed by atoms with van der Waals surface area (Å²) in [6.45, 7) is 1.12. The number of aryl methyl sites for hydroxylation is 1. The Bertz CT molecular complexity index is 1810. The number of amides is 3. The Morgan fingerprint density at radius 2 is 1.43 bits per heavy atom. The molecule has 3 aromatic carbocycles. The summed E-state index contributed by atoms with van der Waals surface area (Å²) in [5.41, 5.74) is 0.610. The summed E-state index contributed by atoms with van der Waals surface area (Å²) in [4.78, 5) is 64.6. The number of hydrazine groups is 1. The fourth-order valence-electron chi connectivity index (χ4n) is 6.04. The van der Waals surface area contributed by atoms with Crippen molar-refractivity contribution >= 4 is 39.3 Å². The average molecular weight is 616 g/mol. The lowest BCUT2D eigenvalue weighted by molar-refractivity contribution is -0.384. The van der Waals surface area contributed by atoms with Crippen molar-refractivity contribution in [2.45, 2.75) is 18.2 Å². The van der Waals surface area contributed by atoms with E-state index in [-0.39, 0.29) is 39.3 Å². The number of nitro groups is 1. The second kappa shape index (κ2) is 10.8. The number of imide groups is 1. The Balaban J connectivity index is 1.25. The summed E-state index contributed by atoms with van der Waals surface area (Å²) in [6, 6.07) is 15.9. The number of nitro benzene ring substituents is 1. The number of carbonyl (C=O) groups excluding carboxylic acids is 4. The molecule has 0 N–H and O–H groups in total. The Labute approximate surface area is 251 Å². The zero-order valence-electron chi connectivity index (χ0n) is 23.2. The van der Waals surface area contributed by atoms with Crippen LogP contribution in [-0.2, 0) is 19.7 Å². The van der Waals surface area contributed by atoms with Gasteiger partial charge in [0.1, 0.15) is 17.2 Å². The molecular weight excluding hydrogens is 590 g/mol. The molecule has 0 radical (unpaired) electrons. The smallest absolute Gasteiger partial charge is 0.339 e. The lowest BCUT2D eigenvalue weighted by Crippen LogP contribution is -2.52. The van der Waals surface area contributed by atoms with E-state index in [1.54, 1.807) is 12.1 Å². The molecule has 3 aliphatic rings. The largest absolute Gasteiger partial charge is 0.379 e. The van der Waals surface area contributed by atoms with Crippen LogP contribution in [0.2, 0.25) is 0 Å². The van der Waals surface area contributed by atoms with E-state index in [0.717, 1.165) is 27.7 Å². The van der Waals surface area contributed by atoms with Gasteiger partial charge in [-0.3, -0.25) is 29.3 Å². The van der Waals surface area contributed by atoms with Gasteiger partial charge in [-0.05, 0) is 73.7 Å². The Hall–Kier alpha value is -5.17. The van der Waals surface area contributed by atoms with Gasteiger partial charge in [0.2, 0.25) is 0 Å². The van der Waals surface area contributed by atoms with Crippen molar-refractivity contribution in [1.29, 1.82) is 0 Å². The maximum Gasteiger partial charge on any atom is 0.339 e. The van der Waals surface area contributed by atoms with E-state index in [2.05, 4.69) is 0 Å². The van der Waals surface area contributed by atoms with Crippen molar-refractivity contribution in [3.05, 3.63) is 112 Å². The molecule has 6 rings (SSSR count). The quantitative estimate of drug-likeness (QED) is 0.0872. The summed E-state index contributed by atoms with van der Waals surface area (Å²) < 4.78 is 30.5. The first-order chi connectivity index (χ1) is 20.9. The van der Waals surface area contributed by atoms with E-state index < -0.39 is 56.9 Å². The van der Waals surface area contributed by atoms with Gasteiger partial charge in [0, 0.05) is 23.3 Å². The number of non-ortho nitro benzene ring substituents is 1. The molecule has 44 heavy (non-hydrogen) atoms. The molecular formula is C31H25N3O9S. The number of carbonyl (C=O) groups is 4. The van der Waals surface area contributed by atoms with Gasteiger partial charge < -0.3 is 4.18 Å². The zero-order chi connectivity index (χ0) is 31.3. The fraction of sp³-hybridized carbons (Fsp3) is 0.226. The topological polar surface area (TPSA) is 161 Å². The maximum absolute atomic E-state index is 13.7. The molecule has 3 amide bonds. The summed E-state index contributed by atoms with van der Waals surface area (Å²) in [6.07, 6.45) is 4.47. The number of rotatable bonds is 9. The summed E-state index contributed by atoms with van der Waals surface area (Å²) in [5.74, 6) is -4.26. The van der Waals surface area contributed by atoms with Gasteiger partial charge in [0.05, 0.1) is 16.8 Å². The molecule has 1 saturated heterocycles. The van der Waals surface area contributed by atoms with Crippen LogP contribution in [0.4, 0.5) is 5.69 Å². The first-order valence-electron chi connectivity index (χ1n) is 13.7. The SMILES string of the molecule is Cc1ccc(S(=O)(=O)Oc2ccc(C(=O)CN(C(=O)c3ccc([N+](=O)[O-])cc3)N3C(=O)[C@H]4[C@H](C3=O)[C@H]3C=C[C@H]4C3)cc2)cc1. The molecule has 0 aromatic heterocycles. The lowest BCUT2D eigenvalue weighted by Gasteiger charge is -2.30. The number of hydrogen-bond donors (Lipinski definition) is 0. The molecule has 2 aliphatic carbocycles. The van der Waals surface area contributed by atoms with Crippen molar-refractivity contribution in [3.8, 4) is 5.75 Å². The van der Waals surface area contributed by atoms with Crippen LogP contribution in [0.5, 0.6) is 5.75 Å². The van der Waals surface area contributed by atoms with Crippen LogP contribution in [-0.4, -0.2) is 53.4 Å².